The lowest BCUT2D eigenvalue weighted by Crippen LogP contribution is -2.30. The summed E-state index contributed by atoms with van der Waals surface area (Å²) < 4.78 is 5.71. The standard InChI is InChI=1S/C25H25N5O3/c1-14(2)33-21-7-6-15(10-17(21)13-26)24-27-25(29-28-24)19-5-3-4-18-20(19)11-16-12-22(32)30(8-9-31)23(16)18/h3-7,10,14,16,23,31H,8-9,11-12H2,1-2H3,(H,27,28,29)/t16-,23?/m1/s1. The molecule has 168 valence electrons. The lowest BCUT2D eigenvalue weighted by atomic mass is 10.0. The summed E-state index contributed by atoms with van der Waals surface area (Å²) >= 11 is 0. The van der Waals surface area contributed by atoms with Crippen LogP contribution in [0.3, 0.4) is 0 Å². The zero-order valence-corrected chi connectivity index (χ0v) is 18.6. The summed E-state index contributed by atoms with van der Waals surface area (Å²) in [7, 11) is 0. The Morgan fingerprint density at radius 3 is 2.91 bits per heavy atom. The van der Waals surface area contributed by atoms with E-state index in [0.717, 1.165) is 23.1 Å². The number of aliphatic hydroxyl groups excluding tert-OH is 1. The van der Waals surface area contributed by atoms with E-state index in [0.29, 0.717) is 35.9 Å². The minimum atomic E-state index is -0.0405. The van der Waals surface area contributed by atoms with Gasteiger partial charge in [-0.3, -0.25) is 9.89 Å². The van der Waals surface area contributed by atoms with Crippen LogP contribution >= 0.6 is 0 Å². The van der Waals surface area contributed by atoms with E-state index in [4.69, 9.17) is 9.72 Å². The molecule has 33 heavy (non-hydrogen) atoms. The average Bonchev–Trinajstić information content (AvgIpc) is 3.49. The molecule has 2 aliphatic rings. The number of ether oxygens (including phenoxy) is 1. The van der Waals surface area contributed by atoms with Crippen molar-refractivity contribution in [3.8, 4) is 34.6 Å². The van der Waals surface area contributed by atoms with Crippen molar-refractivity contribution in [1.82, 2.24) is 20.1 Å². The van der Waals surface area contributed by atoms with E-state index in [9.17, 15) is 15.2 Å². The molecule has 1 aromatic heterocycles. The Morgan fingerprint density at radius 1 is 1.30 bits per heavy atom. The number of hydrogen-bond donors (Lipinski definition) is 2. The summed E-state index contributed by atoms with van der Waals surface area (Å²) in [4.78, 5) is 18.9. The van der Waals surface area contributed by atoms with Crippen LogP contribution in [0.2, 0.25) is 0 Å². The van der Waals surface area contributed by atoms with Crippen LogP contribution in [-0.2, 0) is 11.2 Å². The number of hydrogen-bond acceptors (Lipinski definition) is 6. The van der Waals surface area contributed by atoms with Crippen LogP contribution in [-0.4, -0.2) is 50.4 Å². The molecule has 2 N–H and O–H groups in total. The Labute approximate surface area is 191 Å². The molecule has 2 atom stereocenters. The largest absolute Gasteiger partial charge is 0.490 e. The van der Waals surface area contributed by atoms with Crippen molar-refractivity contribution < 1.29 is 14.6 Å². The van der Waals surface area contributed by atoms with Gasteiger partial charge in [0, 0.05) is 24.1 Å². The zero-order valence-electron chi connectivity index (χ0n) is 18.6. The third-order valence-corrected chi connectivity index (χ3v) is 6.34. The summed E-state index contributed by atoms with van der Waals surface area (Å²) in [5.41, 5.74) is 4.43. The van der Waals surface area contributed by atoms with E-state index in [1.807, 2.05) is 32.0 Å². The molecule has 0 radical (unpaired) electrons. The summed E-state index contributed by atoms with van der Waals surface area (Å²) in [5, 5.41) is 26.4. The average molecular weight is 444 g/mol. The SMILES string of the molecule is CC(C)Oc1ccc(-c2n[nH]c(-c3cccc4c3C[C@@H]3CC(=O)N(CCO)C43)n2)cc1C#N. The third kappa shape index (κ3) is 3.64. The molecule has 1 unspecified atom stereocenters. The molecule has 0 saturated carbocycles. The Morgan fingerprint density at radius 2 is 2.15 bits per heavy atom. The second-order valence-electron chi connectivity index (χ2n) is 8.79. The van der Waals surface area contributed by atoms with Gasteiger partial charge in [-0.25, -0.2) is 4.98 Å². The molecule has 3 aromatic rings. The number of amides is 1. The number of nitrogens with zero attached hydrogens (tertiary/aromatic N) is 4. The predicted molar refractivity (Wildman–Crippen MR) is 121 cm³/mol. The summed E-state index contributed by atoms with van der Waals surface area (Å²) in [6, 6.07) is 13.6. The number of carbonyl (C=O) groups is 1. The van der Waals surface area contributed by atoms with E-state index in [1.165, 1.54) is 5.56 Å². The number of H-pyrrole nitrogens is 1. The number of likely N-dealkylation sites (tertiary alicyclic amines) is 1. The van der Waals surface area contributed by atoms with Crippen molar-refractivity contribution in [2.45, 2.75) is 38.8 Å². The van der Waals surface area contributed by atoms with Crippen LogP contribution in [0.15, 0.2) is 36.4 Å². The highest BCUT2D eigenvalue weighted by Crippen LogP contribution is 2.49. The van der Waals surface area contributed by atoms with Crippen LogP contribution < -0.4 is 4.74 Å². The van der Waals surface area contributed by atoms with Crippen LogP contribution in [0.5, 0.6) is 5.75 Å². The van der Waals surface area contributed by atoms with Gasteiger partial charge in [0.2, 0.25) is 5.91 Å². The Hall–Kier alpha value is -3.70. The molecule has 1 aliphatic carbocycles. The molecular formula is C25H25N5O3. The van der Waals surface area contributed by atoms with Gasteiger partial charge in [-0.15, -0.1) is 0 Å². The lowest BCUT2D eigenvalue weighted by molar-refractivity contribution is -0.129. The van der Waals surface area contributed by atoms with Gasteiger partial charge in [-0.2, -0.15) is 10.4 Å². The van der Waals surface area contributed by atoms with Crippen molar-refractivity contribution in [1.29, 1.82) is 5.26 Å². The molecule has 1 fully saturated rings. The van der Waals surface area contributed by atoms with E-state index < -0.39 is 0 Å². The Bertz CT molecular complexity index is 1260. The highest BCUT2D eigenvalue weighted by Gasteiger charge is 2.46. The van der Waals surface area contributed by atoms with E-state index >= 15 is 0 Å². The zero-order chi connectivity index (χ0) is 23.1. The van der Waals surface area contributed by atoms with E-state index in [1.54, 1.807) is 17.0 Å². The predicted octanol–water partition coefficient (Wildman–Crippen LogP) is 3.24. The number of nitrogens with one attached hydrogen (secondary N) is 1. The smallest absolute Gasteiger partial charge is 0.223 e. The highest BCUT2D eigenvalue weighted by atomic mass is 16.5. The van der Waals surface area contributed by atoms with Crippen LogP contribution in [0.4, 0.5) is 0 Å². The van der Waals surface area contributed by atoms with Gasteiger partial charge in [0.15, 0.2) is 11.6 Å². The van der Waals surface area contributed by atoms with Gasteiger partial charge in [-0.05, 0) is 55.5 Å². The maximum Gasteiger partial charge on any atom is 0.223 e. The normalized spacial score (nSPS) is 19.0. The number of fused-ring (bicyclic) bond motifs is 3. The molecule has 2 heterocycles. The van der Waals surface area contributed by atoms with Gasteiger partial charge < -0.3 is 14.7 Å². The molecule has 1 aliphatic heterocycles. The Balaban J connectivity index is 1.48. The second-order valence-corrected chi connectivity index (χ2v) is 8.79. The molecule has 0 spiro atoms. The van der Waals surface area contributed by atoms with Gasteiger partial charge in [0.1, 0.15) is 11.8 Å². The summed E-state index contributed by atoms with van der Waals surface area (Å²) in [5.74, 6) is 2.03. The van der Waals surface area contributed by atoms with Gasteiger partial charge in [0.05, 0.1) is 24.3 Å². The maximum atomic E-state index is 12.4. The number of β-amino-alcohol motifs (C(OH)–C–C–N with tert-alkyl or cyclic N) is 1. The number of carbonyl (C=O) groups excluding carboxylic acids is 1. The first kappa shape index (κ1) is 21.2. The molecular weight excluding hydrogens is 418 g/mol. The molecule has 8 heteroatoms. The number of benzene rings is 2. The van der Waals surface area contributed by atoms with Crippen LogP contribution in [0.1, 0.15) is 43.0 Å². The molecule has 1 saturated heterocycles. The van der Waals surface area contributed by atoms with Crippen molar-refractivity contribution in [3.05, 3.63) is 53.1 Å². The minimum absolute atomic E-state index is 0.00804. The fourth-order valence-corrected chi connectivity index (χ4v) is 5.06. The molecule has 2 aromatic carbocycles. The highest BCUT2D eigenvalue weighted by molar-refractivity contribution is 5.81. The molecule has 0 bridgehead atoms. The monoisotopic (exact) mass is 443 g/mol. The number of rotatable bonds is 6. The summed E-state index contributed by atoms with van der Waals surface area (Å²) in [6.07, 6.45) is 1.27. The summed E-state index contributed by atoms with van der Waals surface area (Å²) in [6.45, 7) is 4.15. The fraction of sp³-hybridized carbons (Fsp3) is 0.360. The Kier molecular flexibility index (Phi) is 5.35. The first-order valence-electron chi connectivity index (χ1n) is 11.2. The third-order valence-electron chi connectivity index (χ3n) is 6.34. The van der Waals surface area contributed by atoms with Crippen molar-refractivity contribution >= 4 is 5.91 Å². The number of nitriles is 1. The van der Waals surface area contributed by atoms with Crippen LogP contribution in [0, 0.1) is 17.2 Å². The molecule has 8 nitrogen and oxygen atoms in total. The number of aromatic amines is 1. The fourth-order valence-electron chi connectivity index (χ4n) is 5.06. The topological polar surface area (TPSA) is 115 Å². The van der Waals surface area contributed by atoms with Gasteiger partial charge >= 0.3 is 0 Å². The molecule has 1 amide bonds. The maximum absolute atomic E-state index is 12.4. The van der Waals surface area contributed by atoms with Crippen molar-refractivity contribution in [3.63, 3.8) is 0 Å². The van der Waals surface area contributed by atoms with Crippen LogP contribution in [0.25, 0.3) is 22.8 Å². The van der Waals surface area contributed by atoms with E-state index in [-0.39, 0.29) is 30.6 Å². The molecule has 5 rings (SSSR count). The lowest BCUT2D eigenvalue weighted by Gasteiger charge is -2.24. The number of aromatic nitrogens is 3. The van der Waals surface area contributed by atoms with Gasteiger partial charge in [0.25, 0.3) is 0 Å². The number of aliphatic hydroxyl groups is 1. The van der Waals surface area contributed by atoms with E-state index in [2.05, 4.69) is 22.3 Å². The minimum Gasteiger partial charge on any atom is -0.490 e. The first-order valence-corrected chi connectivity index (χ1v) is 11.2. The van der Waals surface area contributed by atoms with Crippen molar-refractivity contribution in [2.24, 2.45) is 5.92 Å². The second kappa shape index (κ2) is 8.34. The first-order chi connectivity index (χ1) is 16.0. The quantitative estimate of drug-likeness (QED) is 0.604. The van der Waals surface area contributed by atoms with Crippen molar-refractivity contribution in [2.75, 3.05) is 13.2 Å². The van der Waals surface area contributed by atoms with Gasteiger partial charge in [-0.1, -0.05) is 18.2 Å².